The lowest BCUT2D eigenvalue weighted by Crippen LogP contribution is -2.01. The summed E-state index contributed by atoms with van der Waals surface area (Å²) < 4.78 is 7.45. The maximum absolute atomic E-state index is 10.9. The number of rotatable bonds is 5. The smallest absolute Gasteiger partial charge is 0.153 e. The monoisotopic (exact) mass is 278 g/mol. The first-order valence-electron chi connectivity index (χ1n) is 6.64. The molecule has 3 aromatic rings. The lowest BCUT2D eigenvalue weighted by atomic mass is 10.2. The summed E-state index contributed by atoms with van der Waals surface area (Å²) >= 11 is 0. The summed E-state index contributed by atoms with van der Waals surface area (Å²) in [7, 11) is 0. The van der Waals surface area contributed by atoms with Gasteiger partial charge in [0.15, 0.2) is 6.29 Å². The van der Waals surface area contributed by atoms with Gasteiger partial charge in [0.2, 0.25) is 0 Å². The molecule has 3 rings (SSSR count). The summed E-state index contributed by atoms with van der Waals surface area (Å²) in [6.45, 7) is 0.324. The van der Waals surface area contributed by atoms with E-state index in [9.17, 15) is 4.79 Å². The Balaban J connectivity index is 1.72. The van der Waals surface area contributed by atoms with Gasteiger partial charge in [-0.25, -0.2) is 4.68 Å². The van der Waals surface area contributed by atoms with Crippen molar-refractivity contribution in [3.05, 3.63) is 78.1 Å². The molecule has 2 aromatic carbocycles. The standard InChI is InChI=1S/C17H14N2O2/c20-12-14-6-4-5-9-17(14)21-13-15-10-11-19(18-15)16-7-2-1-3-8-16/h1-12H,13H2. The molecule has 0 bridgehead atoms. The van der Waals surface area contributed by atoms with Crippen molar-refractivity contribution < 1.29 is 9.53 Å². The largest absolute Gasteiger partial charge is 0.486 e. The Labute approximate surface area is 122 Å². The number of ether oxygens (including phenoxy) is 1. The SMILES string of the molecule is O=Cc1ccccc1OCc1ccn(-c2ccccc2)n1. The molecule has 4 heteroatoms. The molecule has 0 radical (unpaired) electrons. The highest BCUT2D eigenvalue weighted by Crippen LogP contribution is 2.17. The predicted octanol–water partition coefficient (Wildman–Crippen LogP) is 3.26. The van der Waals surface area contributed by atoms with Crippen LogP contribution in [0.25, 0.3) is 5.69 Å². The van der Waals surface area contributed by atoms with Gasteiger partial charge >= 0.3 is 0 Å². The second-order valence-corrected chi connectivity index (χ2v) is 4.53. The zero-order chi connectivity index (χ0) is 14.5. The van der Waals surface area contributed by atoms with Gasteiger partial charge in [-0.3, -0.25) is 4.79 Å². The van der Waals surface area contributed by atoms with Gasteiger partial charge in [0, 0.05) is 6.20 Å². The molecular weight excluding hydrogens is 264 g/mol. The molecule has 0 aliphatic carbocycles. The third kappa shape index (κ3) is 3.00. The van der Waals surface area contributed by atoms with E-state index in [4.69, 9.17) is 4.74 Å². The number of hydrogen-bond acceptors (Lipinski definition) is 3. The minimum atomic E-state index is 0.324. The molecule has 0 amide bonds. The Hall–Kier alpha value is -2.88. The fourth-order valence-corrected chi connectivity index (χ4v) is 2.02. The number of nitrogens with zero attached hydrogens (tertiary/aromatic N) is 2. The molecule has 104 valence electrons. The van der Waals surface area contributed by atoms with Crippen LogP contribution in [0.15, 0.2) is 66.9 Å². The molecule has 0 saturated heterocycles. The zero-order valence-corrected chi connectivity index (χ0v) is 11.3. The quantitative estimate of drug-likeness (QED) is 0.673. The van der Waals surface area contributed by atoms with Crippen molar-refractivity contribution in [3.63, 3.8) is 0 Å². The van der Waals surface area contributed by atoms with E-state index in [1.54, 1.807) is 22.9 Å². The lowest BCUT2D eigenvalue weighted by molar-refractivity contribution is 0.111. The molecule has 0 N–H and O–H groups in total. The van der Waals surface area contributed by atoms with Crippen LogP contribution in [-0.2, 0) is 6.61 Å². The Morgan fingerprint density at radius 1 is 1.00 bits per heavy atom. The maximum Gasteiger partial charge on any atom is 0.153 e. The Morgan fingerprint density at radius 2 is 1.76 bits per heavy atom. The van der Waals surface area contributed by atoms with E-state index in [0.29, 0.717) is 17.9 Å². The van der Waals surface area contributed by atoms with Crippen LogP contribution < -0.4 is 4.74 Å². The predicted molar refractivity (Wildman–Crippen MR) is 79.7 cm³/mol. The Bertz CT molecular complexity index is 735. The first-order chi connectivity index (χ1) is 10.4. The van der Waals surface area contributed by atoms with E-state index in [2.05, 4.69) is 5.10 Å². The van der Waals surface area contributed by atoms with Crippen molar-refractivity contribution in [2.24, 2.45) is 0 Å². The van der Waals surface area contributed by atoms with Gasteiger partial charge in [0.1, 0.15) is 18.1 Å². The van der Waals surface area contributed by atoms with Crippen LogP contribution in [0.2, 0.25) is 0 Å². The van der Waals surface area contributed by atoms with Gasteiger partial charge in [-0.05, 0) is 30.3 Å². The zero-order valence-electron chi connectivity index (χ0n) is 11.3. The van der Waals surface area contributed by atoms with Gasteiger partial charge in [-0.15, -0.1) is 0 Å². The average molecular weight is 278 g/mol. The van der Waals surface area contributed by atoms with Crippen LogP contribution in [0.3, 0.4) is 0 Å². The first-order valence-corrected chi connectivity index (χ1v) is 6.64. The number of carbonyl (C=O) groups excluding carboxylic acids is 1. The minimum Gasteiger partial charge on any atom is -0.486 e. The summed E-state index contributed by atoms with van der Waals surface area (Å²) in [6, 6.07) is 18.9. The van der Waals surface area contributed by atoms with Crippen LogP contribution in [0.1, 0.15) is 16.1 Å². The van der Waals surface area contributed by atoms with Gasteiger partial charge in [-0.2, -0.15) is 5.10 Å². The molecule has 0 spiro atoms. The minimum absolute atomic E-state index is 0.324. The Morgan fingerprint density at radius 3 is 2.57 bits per heavy atom. The number of hydrogen-bond donors (Lipinski definition) is 0. The third-order valence-electron chi connectivity index (χ3n) is 3.09. The number of aldehydes is 1. The number of aromatic nitrogens is 2. The second-order valence-electron chi connectivity index (χ2n) is 4.53. The van der Waals surface area contributed by atoms with E-state index in [-0.39, 0.29) is 0 Å². The molecular formula is C17H14N2O2. The van der Waals surface area contributed by atoms with Crippen molar-refractivity contribution in [2.75, 3.05) is 0 Å². The summed E-state index contributed by atoms with van der Waals surface area (Å²) in [5.74, 6) is 0.571. The first kappa shape index (κ1) is 13.1. The number of benzene rings is 2. The van der Waals surface area contributed by atoms with E-state index < -0.39 is 0 Å². The van der Waals surface area contributed by atoms with Crippen LogP contribution in [0, 0.1) is 0 Å². The van der Waals surface area contributed by atoms with Gasteiger partial charge in [-0.1, -0.05) is 30.3 Å². The van der Waals surface area contributed by atoms with Crippen molar-refractivity contribution in [3.8, 4) is 11.4 Å². The topological polar surface area (TPSA) is 44.1 Å². The number of carbonyl (C=O) groups is 1. The van der Waals surface area contributed by atoms with Crippen LogP contribution in [0.4, 0.5) is 0 Å². The van der Waals surface area contributed by atoms with Gasteiger partial charge in [0.05, 0.1) is 11.3 Å². The van der Waals surface area contributed by atoms with Crippen LogP contribution >= 0.6 is 0 Å². The summed E-state index contributed by atoms with van der Waals surface area (Å²) in [6.07, 6.45) is 2.68. The van der Waals surface area contributed by atoms with Crippen molar-refractivity contribution >= 4 is 6.29 Å². The van der Waals surface area contributed by atoms with E-state index in [1.165, 1.54) is 0 Å². The Kier molecular flexibility index (Phi) is 3.78. The van der Waals surface area contributed by atoms with Crippen molar-refractivity contribution in [1.82, 2.24) is 9.78 Å². The van der Waals surface area contributed by atoms with E-state index >= 15 is 0 Å². The molecule has 1 heterocycles. The normalized spacial score (nSPS) is 10.3. The summed E-state index contributed by atoms with van der Waals surface area (Å²) in [5.41, 5.74) is 2.34. The highest BCUT2D eigenvalue weighted by Gasteiger charge is 2.05. The van der Waals surface area contributed by atoms with Gasteiger partial charge < -0.3 is 4.74 Å². The second kappa shape index (κ2) is 6.05. The molecule has 1 aromatic heterocycles. The molecule has 4 nitrogen and oxygen atoms in total. The van der Waals surface area contributed by atoms with Gasteiger partial charge in [0.25, 0.3) is 0 Å². The molecule has 0 saturated carbocycles. The molecule has 21 heavy (non-hydrogen) atoms. The summed E-state index contributed by atoms with van der Waals surface area (Å²) in [5, 5.41) is 4.45. The van der Waals surface area contributed by atoms with Crippen molar-refractivity contribution in [2.45, 2.75) is 6.61 Å². The molecule has 0 aliphatic heterocycles. The van der Waals surface area contributed by atoms with Crippen LogP contribution in [0.5, 0.6) is 5.75 Å². The highest BCUT2D eigenvalue weighted by atomic mass is 16.5. The summed E-state index contributed by atoms with van der Waals surface area (Å²) in [4.78, 5) is 10.9. The fourth-order valence-electron chi connectivity index (χ4n) is 2.02. The van der Waals surface area contributed by atoms with E-state index in [1.807, 2.05) is 48.7 Å². The van der Waals surface area contributed by atoms with E-state index in [0.717, 1.165) is 17.7 Å². The van der Waals surface area contributed by atoms with Crippen LogP contribution in [-0.4, -0.2) is 16.1 Å². The molecule has 0 atom stereocenters. The lowest BCUT2D eigenvalue weighted by Gasteiger charge is -2.06. The maximum atomic E-state index is 10.9. The molecule has 0 unspecified atom stereocenters. The van der Waals surface area contributed by atoms with Crippen molar-refractivity contribution in [1.29, 1.82) is 0 Å². The highest BCUT2D eigenvalue weighted by molar-refractivity contribution is 5.79. The fraction of sp³-hybridized carbons (Fsp3) is 0.0588. The number of para-hydroxylation sites is 2. The third-order valence-corrected chi connectivity index (χ3v) is 3.09. The molecule has 0 fully saturated rings. The average Bonchev–Trinajstić information content (AvgIpc) is 3.03. The molecule has 0 aliphatic rings.